The van der Waals surface area contributed by atoms with Crippen LogP contribution in [0.25, 0.3) is 10.9 Å². The van der Waals surface area contributed by atoms with Gasteiger partial charge in [-0.3, -0.25) is 4.98 Å². The van der Waals surface area contributed by atoms with Crippen molar-refractivity contribution >= 4 is 22.3 Å². The molecule has 0 amide bonds. The standard InChI is InChI=1S/C17H17N3/c1-20(12-13-6-3-2-4-7-13)16-10-9-15(18)17-14(16)8-5-11-19-17/h2-11H,12,18H2,1H3. The Labute approximate surface area is 118 Å². The number of anilines is 2. The van der Waals surface area contributed by atoms with Crippen molar-refractivity contribution in [2.75, 3.05) is 17.7 Å². The van der Waals surface area contributed by atoms with Gasteiger partial charge in [-0.1, -0.05) is 30.3 Å². The van der Waals surface area contributed by atoms with Crippen molar-refractivity contribution in [2.45, 2.75) is 6.54 Å². The molecule has 3 aromatic rings. The Morgan fingerprint density at radius 1 is 1.00 bits per heavy atom. The number of hydrogen-bond donors (Lipinski definition) is 1. The molecule has 0 saturated heterocycles. The smallest absolute Gasteiger partial charge is 0.0951 e. The fraction of sp³-hybridized carbons (Fsp3) is 0.118. The fourth-order valence-corrected chi connectivity index (χ4v) is 2.45. The average Bonchev–Trinajstić information content (AvgIpc) is 2.49. The molecule has 0 aliphatic rings. The molecule has 0 fully saturated rings. The van der Waals surface area contributed by atoms with Crippen LogP contribution in [-0.2, 0) is 6.54 Å². The highest BCUT2D eigenvalue weighted by Gasteiger charge is 2.09. The van der Waals surface area contributed by atoms with Crippen LogP contribution >= 0.6 is 0 Å². The zero-order chi connectivity index (χ0) is 13.9. The lowest BCUT2D eigenvalue weighted by Gasteiger charge is -2.21. The summed E-state index contributed by atoms with van der Waals surface area (Å²) in [5.74, 6) is 0. The number of rotatable bonds is 3. The van der Waals surface area contributed by atoms with Gasteiger partial charge in [0.1, 0.15) is 0 Å². The molecule has 1 heterocycles. The van der Waals surface area contributed by atoms with Crippen molar-refractivity contribution in [1.82, 2.24) is 4.98 Å². The van der Waals surface area contributed by atoms with Gasteiger partial charge in [0.2, 0.25) is 0 Å². The molecule has 0 saturated carbocycles. The van der Waals surface area contributed by atoms with Crippen LogP contribution < -0.4 is 10.6 Å². The van der Waals surface area contributed by atoms with E-state index in [-0.39, 0.29) is 0 Å². The molecule has 2 aromatic carbocycles. The van der Waals surface area contributed by atoms with Crippen molar-refractivity contribution in [3.05, 3.63) is 66.4 Å². The highest BCUT2D eigenvalue weighted by atomic mass is 15.1. The summed E-state index contributed by atoms with van der Waals surface area (Å²) in [6.07, 6.45) is 1.78. The van der Waals surface area contributed by atoms with E-state index >= 15 is 0 Å². The second-order valence-electron chi connectivity index (χ2n) is 4.92. The summed E-state index contributed by atoms with van der Waals surface area (Å²) in [6, 6.07) is 18.4. The van der Waals surface area contributed by atoms with Gasteiger partial charge in [0.25, 0.3) is 0 Å². The topological polar surface area (TPSA) is 42.1 Å². The minimum atomic E-state index is 0.720. The number of fused-ring (bicyclic) bond motifs is 1. The maximum absolute atomic E-state index is 6.00. The van der Waals surface area contributed by atoms with Gasteiger partial charge in [-0.15, -0.1) is 0 Å². The van der Waals surface area contributed by atoms with Gasteiger partial charge in [-0.2, -0.15) is 0 Å². The minimum Gasteiger partial charge on any atom is -0.397 e. The van der Waals surface area contributed by atoms with E-state index in [2.05, 4.69) is 53.3 Å². The SMILES string of the molecule is CN(Cc1ccccc1)c1ccc(N)c2ncccc12. The molecule has 0 spiro atoms. The van der Waals surface area contributed by atoms with E-state index in [1.54, 1.807) is 6.20 Å². The van der Waals surface area contributed by atoms with Crippen molar-refractivity contribution < 1.29 is 0 Å². The van der Waals surface area contributed by atoms with Gasteiger partial charge in [0.05, 0.1) is 11.2 Å². The Bertz CT molecular complexity index is 723. The van der Waals surface area contributed by atoms with Gasteiger partial charge in [-0.05, 0) is 29.8 Å². The van der Waals surface area contributed by atoms with Crippen LogP contribution in [0.3, 0.4) is 0 Å². The van der Waals surface area contributed by atoms with Gasteiger partial charge in [0, 0.05) is 30.9 Å². The van der Waals surface area contributed by atoms with Gasteiger partial charge >= 0.3 is 0 Å². The summed E-state index contributed by atoms with van der Waals surface area (Å²) in [4.78, 5) is 6.60. The van der Waals surface area contributed by atoms with Gasteiger partial charge in [0.15, 0.2) is 0 Å². The molecule has 0 atom stereocenters. The predicted molar refractivity (Wildman–Crippen MR) is 84.7 cm³/mol. The first-order valence-electron chi connectivity index (χ1n) is 6.64. The molecule has 100 valence electrons. The number of hydrogen-bond acceptors (Lipinski definition) is 3. The van der Waals surface area contributed by atoms with Crippen LogP contribution in [0, 0.1) is 0 Å². The third kappa shape index (κ3) is 2.30. The molecule has 3 heteroatoms. The van der Waals surface area contributed by atoms with Gasteiger partial charge in [-0.25, -0.2) is 0 Å². The summed E-state index contributed by atoms with van der Waals surface area (Å²) < 4.78 is 0. The maximum Gasteiger partial charge on any atom is 0.0951 e. The van der Waals surface area contributed by atoms with E-state index < -0.39 is 0 Å². The molecule has 3 nitrogen and oxygen atoms in total. The summed E-state index contributed by atoms with van der Waals surface area (Å²) in [7, 11) is 2.09. The number of nitrogens with zero attached hydrogens (tertiary/aromatic N) is 2. The fourth-order valence-electron chi connectivity index (χ4n) is 2.45. The van der Waals surface area contributed by atoms with E-state index in [4.69, 9.17) is 5.73 Å². The quantitative estimate of drug-likeness (QED) is 0.736. The van der Waals surface area contributed by atoms with E-state index in [1.165, 1.54) is 5.56 Å². The first-order valence-corrected chi connectivity index (χ1v) is 6.64. The molecule has 3 rings (SSSR count). The van der Waals surface area contributed by atoms with E-state index in [0.29, 0.717) is 0 Å². The number of nitrogen functional groups attached to an aromatic ring is 1. The number of benzene rings is 2. The van der Waals surface area contributed by atoms with Crippen molar-refractivity contribution in [3.8, 4) is 0 Å². The molecule has 0 unspecified atom stereocenters. The molecule has 0 radical (unpaired) electrons. The van der Waals surface area contributed by atoms with Crippen molar-refractivity contribution in [2.24, 2.45) is 0 Å². The zero-order valence-electron chi connectivity index (χ0n) is 11.5. The summed E-state index contributed by atoms with van der Waals surface area (Å²) in [5, 5.41) is 1.09. The van der Waals surface area contributed by atoms with E-state index in [0.717, 1.165) is 28.8 Å². The lowest BCUT2D eigenvalue weighted by Crippen LogP contribution is -2.16. The largest absolute Gasteiger partial charge is 0.397 e. The highest BCUT2D eigenvalue weighted by Crippen LogP contribution is 2.29. The molecule has 0 aliphatic heterocycles. The maximum atomic E-state index is 6.00. The minimum absolute atomic E-state index is 0.720. The first kappa shape index (κ1) is 12.5. The van der Waals surface area contributed by atoms with Crippen LogP contribution in [0.1, 0.15) is 5.56 Å². The molecule has 20 heavy (non-hydrogen) atoms. The third-order valence-electron chi connectivity index (χ3n) is 3.45. The van der Waals surface area contributed by atoms with Crippen LogP contribution in [0.15, 0.2) is 60.8 Å². The number of pyridine rings is 1. The molecular weight excluding hydrogens is 246 g/mol. The number of aromatic nitrogens is 1. The van der Waals surface area contributed by atoms with E-state index in [9.17, 15) is 0 Å². The Morgan fingerprint density at radius 2 is 1.80 bits per heavy atom. The summed E-state index contributed by atoms with van der Waals surface area (Å²) in [6.45, 7) is 0.856. The lowest BCUT2D eigenvalue weighted by molar-refractivity contribution is 0.928. The van der Waals surface area contributed by atoms with Crippen molar-refractivity contribution in [3.63, 3.8) is 0 Å². The second-order valence-corrected chi connectivity index (χ2v) is 4.92. The average molecular weight is 263 g/mol. The molecule has 0 aliphatic carbocycles. The molecule has 1 aromatic heterocycles. The molecule has 2 N–H and O–H groups in total. The Hall–Kier alpha value is -2.55. The zero-order valence-corrected chi connectivity index (χ0v) is 11.5. The number of nitrogens with two attached hydrogens (primary N) is 1. The van der Waals surface area contributed by atoms with Crippen LogP contribution in [0.5, 0.6) is 0 Å². The summed E-state index contributed by atoms with van der Waals surface area (Å²) >= 11 is 0. The van der Waals surface area contributed by atoms with Crippen LogP contribution in [0.4, 0.5) is 11.4 Å². The third-order valence-corrected chi connectivity index (χ3v) is 3.45. The molecular formula is C17H17N3. The second kappa shape index (κ2) is 5.21. The Kier molecular flexibility index (Phi) is 3.25. The first-order chi connectivity index (χ1) is 9.75. The van der Waals surface area contributed by atoms with Crippen LogP contribution in [-0.4, -0.2) is 12.0 Å². The van der Waals surface area contributed by atoms with Crippen molar-refractivity contribution in [1.29, 1.82) is 0 Å². The van der Waals surface area contributed by atoms with Crippen LogP contribution in [0.2, 0.25) is 0 Å². The summed E-state index contributed by atoms with van der Waals surface area (Å²) in [5.41, 5.74) is 10.0. The normalized spacial score (nSPS) is 10.7. The lowest BCUT2D eigenvalue weighted by atomic mass is 10.1. The Morgan fingerprint density at radius 3 is 2.60 bits per heavy atom. The molecule has 0 bridgehead atoms. The monoisotopic (exact) mass is 263 g/mol. The Balaban J connectivity index is 2.00. The highest BCUT2D eigenvalue weighted by molar-refractivity contribution is 5.98. The predicted octanol–water partition coefficient (Wildman–Crippen LogP) is 3.45. The van der Waals surface area contributed by atoms with E-state index in [1.807, 2.05) is 18.2 Å². The van der Waals surface area contributed by atoms with Gasteiger partial charge < -0.3 is 10.6 Å².